The van der Waals surface area contributed by atoms with Crippen molar-refractivity contribution in [2.24, 2.45) is 0 Å². The van der Waals surface area contributed by atoms with E-state index in [1.165, 1.54) is 5.56 Å². The Morgan fingerprint density at radius 2 is 1.96 bits per heavy atom. The van der Waals surface area contributed by atoms with Crippen molar-refractivity contribution in [1.82, 2.24) is 5.32 Å². The molecule has 2 aromatic carbocycles. The SMILES string of the molecule is CC(CNC(=O)c1ccc2c(c1)CCC(=O)N2)c1ccccc1. The highest BCUT2D eigenvalue weighted by Gasteiger charge is 2.17. The van der Waals surface area contributed by atoms with E-state index in [0.29, 0.717) is 24.9 Å². The van der Waals surface area contributed by atoms with Crippen LogP contribution in [0.25, 0.3) is 0 Å². The van der Waals surface area contributed by atoms with E-state index in [2.05, 4.69) is 29.7 Å². The quantitative estimate of drug-likeness (QED) is 0.912. The summed E-state index contributed by atoms with van der Waals surface area (Å²) in [6.07, 6.45) is 1.16. The Hall–Kier alpha value is -2.62. The maximum Gasteiger partial charge on any atom is 0.251 e. The fourth-order valence-corrected chi connectivity index (χ4v) is 2.77. The molecule has 3 rings (SSSR count). The summed E-state index contributed by atoms with van der Waals surface area (Å²) in [5.41, 5.74) is 3.69. The van der Waals surface area contributed by atoms with Crippen LogP contribution in [0.5, 0.6) is 0 Å². The second-order valence-corrected chi connectivity index (χ2v) is 5.94. The molecule has 1 aliphatic heterocycles. The van der Waals surface area contributed by atoms with Gasteiger partial charge in [-0.3, -0.25) is 9.59 Å². The lowest BCUT2D eigenvalue weighted by atomic mass is 9.99. The number of amides is 2. The highest BCUT2D eigenvalue weighted by molar-refractivity contribution is 5.97. The molecule has 118 valence electrons. The Morgan fingerprint density at radius 1 is 1.17 bits per heavy atom. The molecule has 0 radical (unpaired) electrons. The highest BCUT2D eigenvalue weighted by Crippen LogP contribution is 2.23. The average molecular weight is 308 g/mol. The van der Waals surface area contributed by atoms with Crippen LogP contribution in [0, 0.1) is 0 Å². The number of benzene rings is 2. The van der Waals surface area contributed by atoms with Gasteiger partial charge in [0.15, 0.2) is 0 Å². The first kappa shape index (κ1) is 15.3. The van der Waals surface area contributed by atoms with Crippen molar-refractivity contribution in [3.63, 3.8) is 0 Å². The topological polar surface area (TPSA) is 58.2 Å². The van der Waals surface area contributed by atoms with E-state index >= 15 is 0 Å². The van der Waals surface area contributed by atoms with Crippen molar-refractivity contribution in [3.05, 3.63) is 65.2 Å². The molecular formula is C19H20N2O2. The number of hydrogen-bond donors (Lipinski definition) is 2. The maximum atomic E-state index is 12.3. The molecule has 2 amide bonds. The van der Waals surface area contributed by atoms with Crippen molar-refractivity contribution in [1.29, 1.82) is 0 Å². The van der Waals surface area contributed by atoms with Crippen LogP contribution in [-0.4, -0.2) is 18.4 Å². The number of fused-ring (bicyclic) bond motifs is 1. The standard InChI is InChI=1S/C19H20N2O2/c1-13(14-5-3-2-4-6-14)12-20-19(23)16-7-9-17-15(11-16)8-10-18(22)21-17/h2-7,9,11,13H,8,10,12H2,1H3,(H,20,23)(H,21,22). The van der Waals surface area contributed by atoms with Crippen molar-refractivity contribution in [2.45, 2.75) is 25.7 Å². The summed E-state index contributed by atoms with van der Waals surface area (Å²) in [6.45, 7) is 2.69. The predicted molar refractivity (Wildman–Crippen MR) is 90.6 cm³/mol. The number of hydrogen-bond acceptors (Lipinski definition) is 2. The molecule has 0 spiro atoms. The van der Waals surface area contributed by atoms with E-state index in [4.69, 9.17) is 0 Å². The molecule has 1 atom stereocenters. The largest absolute Gasteiger partial charge is 0.351 e. The number of nitrogens with one attached hydrogen (secondary N) is 2. The molecule has 0 saturated heterocycles. The molecule has 4 heteroatoms. The second-order valence-electron chi connectivity index (χ2n) is 5.94. The van der Waals surface area contributed by atoms with E-state index in [0.717, 1.165) is 11.3 Å². The van der Waals surface area contributed by atoms with Crippen LogP contribution in [-0.2, 0) is 11.2 Å². The summed E-state index contributed by atoms with van der Waals surface area (Å²) in [5.74, 6) is 0.218. The fraction of sp³-hybridized carbons (Fsp3) is 0.263. The number of anilines is 1. The molecule has 0 aromatic heterocycles. The molecule has 1 heterocycles. The molecule has 0 aliphatic carbocycles. The lowest BCUT2D eigenvalue weighted by Gasteiger charge is -2.18. The smallest absolute Gasteiger partial charge is 0.251 e. The first-order chi connectivity index (χ1) is 11.1. The van der Waals surface area contributed by atoms with Gasteiger partial charge in [-0.15, -0.1) is 0 Å². The number of aryl methyl sites for hydroxylation is 1. The zero-order valence-corrected chi connectivity index (χ0v) is 13.1. The zero-order chi connectivity index (χ0) is 16.2. The Labute approximate surface area is 135 Å². The summed E-state index contributed by atoms with van der Waals surface area (Å²) in [6, 6.07) is 15.6. The van der Waals surface area contributed by atoms with Crippen molar-refractivity contribution < 1.29 is 9.59 Å². The maximum absolute atomic E-state index is 12.3. The van der Waals surface area contributed by atoms with Gasteiger partial charge in [0, 0.05) is 24.2 Å². The van der Waals surface area contributed by atoms with E-state index in [9.17, 15) is 9.59 Å². The lowest BCUT2D eigenvalue weighted by molar-refractivity contribution is -0.116. The third kappa shape index (κ3) is 3.59. The van der Waals surface area contributed by atoms with Gasteiger partial charge in [0.05, 0.1) is 0 Å². The average Bonchev–Trinajstić information content (AvgIpc) is 2.59. The van der Waals surface area contributed by atoms with Crippen LogP contribution in [0.1, 0.15) is 40.7 Å². The Kier molecular flexibility index (Phi) is 4.42. The van der Waals surface area contributed by atoms with Gasteiger partial charge in [-0.05, 0) is 41.7 Å². The van der Waals surface area contributed by atoms with Gasteiger partial charge in [-0.1, -0.05) is 37.3 Å². The van der Waals surface area contributed by atoms with E-state index in [1.807, 2.05) is 30.3 Å². The van der Waals surface area contributed by atoms with Crippen LogP contribution in [0.2, 0.25) is 0 Å². The van der Waals surface area contributed by atoms with Crippen molar-refractivity contribution in [3.8, 4) is 0 Å². The van der Waals surface area contributed by atoms with Crippen LogP contribution >= 0.6 is 0 Å². The molecule has 1 unspecified atom stereocenters. The van der Waals surface area contributed by atoms with Crippen LogP contribution in [0.15, 0.2) is 48.5 Å². The molecule has 4 nitrogen and oxygen atoms in total. The number of rotatable bonds is 4. The van der Waals surface area contributed by atoms with Crippen molar-refractivity contribution in [2.75, 3.05) is 11.9 Å². The molecule has 0 fully saturated rings. The van der Waals surface area contributed by atoms with Gasteiger partial charge in [0.2, 0.25) is 5.91 Å². The van der Waals surface area contributed by atoms with E-state index in [-0.39, 0.29) is 17.7 Å². The van der Waals surface area contributed by atoms with Gasteiger partial charge < -0.3 is 10.6 Å². The third-order valence-electron chi connectivity index (χ3n) is 4.20. The monoisotopic (exact) mass is 308 g/mol. The molecule has 23 heavy (non-hydrogen) atoms. The minimum absolute atomic E-state index is 0.0337. The Morgan fingerprint density at radius 3 is 2.74 bits per heavy atom. The van der Waals surface area contributed by atoms with Crippen LogP contribution < -0.4 is 10.6 Å². The molecule has 1 aliphatic rings. The zero-order valence-electron chi connectivity index (χ0n) is 13.1. The molecule has 2 aromatic rings. The van der Waals surface area contributed by atoms with Crippen molar-refractivity contribution >= 4 is 17.5 Å². The van der Waals surface area contributed by atoms with Gasteiger partial charge in [-0.25, -0.2) is 0 Å². The number of carbonyl (C=O) groups excluding carboxylic acids is 2. The van der Waals surface area contributed by atoms with E-state index < -0.39 is 0 Å². The Balaban J connectivity index is 1.64. The first-order valence-corrected chi connectivity index (χ1v) is 7.89. The minimum atomic E-state index is -0.0764. The van der Waals surface area contributed by atoms with Crippen LogP contribution in [0.4, 0.5) is 5.69 Å². The summed E-state index contributed by atoms with van der Waals surface area (Å²) in [7, 11) is 0. The van der Waals surface area contributed by atoms with Gasteiger partial charge in [0.1, 0.15) is 0 Å². The molecule has 0 bridgehead atoms. The summed E-state index contributed by atoms with van der Waals surface area (Å²) >= 11 is 0. The van der Waals surface area contributed by atoms with E-state index in [1.54, 1.807) is 6.07 Å². The van der Waals surface area contributed by atoms with Gasteiger partial charge >= 0.3 is 0 Å². The minimum Gasteiger partial charge on any atom is -0.351 e. The summed E-state index contributed by atoms with van der Waals surface area (Å²) in [5, 5.41) is 5.81. The lowest BCUT2D eigenvalue weighted by Crippen LogP contribution is -2.28. The van der Waals surface area contributed by atoms with Crippen LogP contribution in [0.3, 0.4) is 0 Å². The first-order valence-electron chi connectivity index (χ1n) is 7.89. The molecule has 0 saturated carbocycles. The summed E-state index contributed by atoms with van der Waals surface area (Å²) in [4.78, 5) is 23.7. The second kappa shape index (κ2) is 6.65. The predicted octanol–water partition coefficient (Wildman–Crippen LogP) is 3.10. The normalized spacial score (nSPS) is 14.6. The summed E-state index contributed by atoms with van der Waals surface area (Å²) < 4.78 is 0. The molecule has 2 N–H and O–H groups in total. The third-order valence-corrected chi connectivity index (χ3v) is 4.20. The fourth-order valence-electron chi connectivity index (χ4n) is 2.77. The highest BCUT2D eigenvalue weighted by atomic mass is 16.2. The van der Waals surface area contributed by atoms with Gasteiger partial charge in [0.25, 0.3) is 5.91 Å². The number of carbonyl (C=O) groups is 2. The molecular weight excluding hydrogens is 288 g/mol. The Bertz CT molecular complexity index is 725. The van der Waals surface area contributed by atoms with Gasteiger partial charge in [-0.2, -0.15) is 0 Å².